The van der Waals surface area contributed by atoms with Crippen molar-refractivity contribution in [1.29, 1.82) is 0 Å². The summed E-state index contributed by atoms with van der Waals surface area (Å²) in [6, 6.07) is 0. The lowest BCUT2D eigenvalue weighted by Gasteiger charge is -2.39. The van der Waals surface area contributed by atoms with Gasteiger partial charge in [-0.15, -0.1) is 0 Å². The standard InChI is InChI=1S/C16H36N.C5H8O2/c1-5-9-13-17(14-10-6-2,15-11-7-3)16-12-8-4;1-4(2)3-5(6)7/h5-16H2,1-4H3;3H,1-2H3,(H,6,7)/q+1;/p-1. The molecular formula is C21H43NO2. The SMILES string of the molecule is CC(C)=CC(=O)[O-].CCCC[N+](CCCC)(CCCC)CCCC. The molecule has 24 heavy (non-hydrogen) atoms. The molecule has 144 valence electrons. The van der Waals surface area contributed by atoms with Crippen LogP contribution in [0.1, 0.15) is 92.9 Å². The van der Waals surface area contributed by atoms with Crippen LogP contribution in [0.5, 0.6) is 0 Å². The van der Waals surface area contributed by atoms with Crippen molar-refractivity contribution in [2.75, 3.05) is 26.2 Å². The molecule has 0 unspecified atom stereocenters. The van der Waals surface area contributed by atoms with Gasteiger partial charge in [0.05, 0.1) is 32.1 Å². The van der Waals surface area contributed by atoms with Gasteiger partial charge in [-0.25, -0.2) is 0 Å². The molecule has 0 saturated carbocycles. The number of carboxylic acid groups (broad SMARTS) is 1. The van der Waals surface area contributed by atoms with E-state index in [-0.39, 0.29) is 0 Å². The summed E-state index contributed by atoms with van der Waals surface area (Å²) in [5.74, 6) is -1.12. The van der Waals surface area contributed by atoms with Gasteiger partial charge in [-0.1, -0.05) is 59.0 Å². The van der Waals surface area contributed by atoms with Gasteiger partial charge in [-0.05, 0) is 45.6 Å². The molecular weight excluding hydrogens is 298 g/mol. The maximum atomic E-state index is 9.62. The molecule has 3 nitrogen and oxygen atoms in total. The molecule has 0 aromatic rings. The molecule has 0 aliphatic heterocycles. The fourth-order valence-corrected chi connectivity index (χ4v) is 2.88. The molecule has 0 fully saturated rings. The number of carbonyl (C=O) groups excluding carboxylic acids is 1. The van der Waals surface area contributed by atoms with Crippen LogP contribution in [-0.4, -0.2) is 36.6 Å². The van der Waals surface area contributed by atoms with Crippen LogP contribution in [0.2, 0.25) is 0 Å². The van der Waals surface area contributed by atoms with Crippen molar-refractivity contribution in [3.05, 3.63) is 11.6 Å². The monoisotopic (exact) mass is 341 g/mol. The van der Waals surface area contributed by atoms with Crippen LogP contribution in [0, 0.1) is 0 Å². The fourth-order valence-electron chi connectivity index (χ4n) is 2.88. The minimum absolute atomic E-state index is 0.750. The number of hydrogen-bond donors (Lipinski definition) is 0. The summed E-state index contributed by atoms with van der Waals surface area (Å²) in [6.07, 6.45) is 12.1. The van der Waals surface area contributed by atoms with Crippen LogP contribution in [0.3, 0.4) is 0 Å². The number of aliphatic carboxylic acids is 1. The first-order valence-electron chi connectivity index (χ1n) is 10.1. The van der Waals surface area contributed by atoms with Gasteiger partial charge in [0.15, 0.2) is 0 Å². The zero-order valence-electron chi connectivity index (χ0n) is 17.3. The number of rotatable bonds is 13. The van der Waals surface area contributed by atoms with Crippen LogP contribution in [0.25, 0.3) is 0 Å². The Bertz CT molecular complexity index is 282. The summed E-state index contributed by atoms with van der Waals surface area (Å²) in [4.78, 5) is 9.62. The maximum Gasteiger partial charge on any atom is 0.0786 e. The Morgan fingerprint density at radius 3 is 1.17 bits per heavy atom. The number of carbonyl (C=O) groups is 1. The smallest absolute Gasteiger partial charge is 0.0786 e. The molecule has 0 atom stereocenters. The van der Waals surface area contributed by atoms with Crippen LogP contribution in [-0.2, 0) is 4.79 Å². The topological polar surface area (TPSA) is 40.1 Å². The molecule has 3 heteroatoms. The van der Waals surface area contributed by atoms with Crippen LogP contribution in [0.15, 0.2) is 11.6 Å². The third-order valence-electron chi connectivity index (χ3n) is 4.35. The van der Waals surface area contributed by atoms with E-state index in [1.165, 1.54) is 82.0 Å². The number of allylic oxidation sites excluding steroid dienone is 1. The molecule has 0 saturated heterocycles. The van der Waals surface area contributed by atoms with E-state index in [4.69, 9.17) is 0 Å². The Morgan fingerprint density at radius 2 is 1.04 bits per heavy atom. The largest absolute Gasteiger partial charge is 0.545 e. The molecule has 0 bridgehead atoms. The summed E-state index contributed by atoms with van der Waals surface area (Å²) in [6.45, 7) is 18.4. The van der Waals surface area contributed by atoms with E-state index in [2.05, 4.69) is 27.7 Å². The van der Waals surface area contributed by atoms with E-state index in [0.717, 1.165) is 11.6 Å². The highest BCUT2D eigenvalue weighted by Crippen LogP contribution is 2.16. The fraction of sp³-hybridized carbons (Fsp3) is 0.857. The molecule has 0 rings (SSSR count). The lowest BCUT2D eigenvalue weighted by atomic mass is 10.1. The summed E-state index contributed by atoms with van der Waals surface area (Å²) >= 11 is 0. The van der Waals surface area contributed by atoms with Gasteiger partial charge in [0.2, 0.25) is 0 Å². The zero-order valence-corrected chi connectivity index (χ0v) is 17.3. The summed E-state index contributed by atoms with van der Waals surface area (Å²) in [7, 11) is 0. The molecule has 0 aliphatic carbocycles. The van der Waals surface area contributed by atoms with E-state index in [0.29, 0.717) is 0 Å². The predicted molar refractivity (Wildman–Crippen MR) is 104 cm³/mol. The molecule has 0 radical (unpaired) electrons. The first-order chi connectivity index (χ1) is 11.4. The van der Waals surface area contributed by atoms with E-state index >= 15 is 0 Å². The summed E-state index contributed by atoms with van der Waals surface area (Å²) < 4.78 is 1.42. The highest BCUT2D eigenvalue weighted by atomic mass is 16.4. The average Bonchev–Trinajstić information content (AvgIpc) is 2.53. The average molecular weight is 342 g/mol. The lowest BCUT2D eigenvalue weighted by Crippen LogP contribution is -2.50. The Morgan fingerprint density at radius 1 is 0.750 bits per heavy atom. The van der Waals surface area contributed by atoms with Gasteiger partial charge in [0.25, 0.3) is 0 Å². The third kappa shape index (κ3) is 16.0. The van der Waals surface area contributed by atoms with Crippen molar-refractivity contribution in [2.45, 2.75) is 92.9 Å². The first-order valence-corrected chi connectivity index (χ1v) is 10.1. The van der Waals surface area contributed by atoms with E-state index in [1.807, 2.05) is 0 Å². The minimum Gasteiger partial charge on any atom is -0.545 e. The Hall–Kier alpha value is -0.830. The Kier molecular flexibility index (Phi) is 18.0. The van der Waals surface area contributed by atoms with Gasteiger partial charge in [-0.3, -0.25) is 0 Å². The minimum atomic E-state index is -1.12. The second kappa shape index (κ2) is 17.0. The number of nitrogens with zero attached hydrogens (tertiary/aromatic N) is 1. The third-order valence-corrected chi connectivity index (χ3v) is 4.35. The van der Waals surface area contributed by atoms with E-state index in [1.54, 1.807) is 13.8 Å². The van der Waals surface area contributed by atoms with Crippen molar-refractivity contribution in [2.24, 2.45) is 0 Å². The van der Waals surface area contributed by atoms with E-state index in [9.17, 15) is 9.90 Å². The zero-order chi connectivity index (χ0) is 18.8. The number of quaternary nitrogens is 1. The second-order valence-electron chi connectivity index (χ2n) is 7.19. The molecule has 0 spiro atoms. The van der Waals surface area contributed by atoms with E-state index < -0.39 is 5.97 Å². The van der Waals surface area contributed by atoms with Crippen molar-refractivity contribution >= 4 is 5.97 Å². The summed E-state index contributed by atoms with van der Waals surface area (Å²) in [5, 5.41) is 9.62. The number of hydrogen-bond acceptors (Lipinski definition) is 2. The second-order valence-corrected chi connectivity index (χ2v) is 7.19. The van der Waals surface area contributed by atoms with Gasteiger partial charge in [-0.2, -0.15) is 0 Å². The van der Waals surface area contributed by atoms with Gasteiger partial charge in [0.1, 0.15) is 0 Å². The predicted octanol–water partition coefficient (Wildman–Crippen LogP) is 4.71. The molecule has 0 heterocycles. The van der Waals surface area contributed by atoms with Crippen LogP contribution >= 0.6 is 0 Å². The van der Waals surface area contributed by atoms with Gasteiger partial charge >= 0.3 is 0 Å². The van der Waals surface area contributed by atoms with Crippen LogP contribution in [0.4, 0.5) is 0 Å². The van der Waals surface area contributed by atoms with Crippen LogP contribution < -0.4 is 5.11 Å². The van der Waals surface area contributed by atoms with Crippen molar-refractivity contribution < 1.29 is 14.4 Å². The first kappa shape index (κ1) is 25.4. The number of unbranched alkanes of at least 4 members (excludes halogenated alkanes) is 4. The molecule has 0 aromatic carbocycles. The highest BCUT2D eigenvalue weighted by molar-refractivity contribution is 5.78. The van der Waals surface area contributed by atoms with Gasteiger partial charge in [0, 0.05) is 0 Å². The van der Waals surface area contributed by atoms with Crippen molar-refractivity contribution in [1.82, 2.24) is 0 Å². The number of carboxylic acids is 1. The van der Waals surface area contributed by atoms with Crippen molar-refractivity contribution in [3.63, 3.8) is 0 Å². The quantitative estimate of drug-likeness (QED) is 0.360. The molecule has 0 aromatic heterocycles. The molecule has 0 aliphatic rings. The maximum absolute atomic E-state index is 9.62. The lowest BCUT2D eigenvalue weighted by molar-refractivity contribution is -0.929. The van der Waals surface area contributed by atoms with Crippen molar-refractivity contribution in [3.8, 4) is 0 Å². The Balaban J connectivity index is 0. The normalized spacial score (nSPS) is 10.8. The molecule has 0 N–H and O–H groups in total. The van der Waals surface area contributed by atoms with Gasteiger partial charge < -0.3 is 14.4 Å². The summed E-state index contributed by atoms with van der Waals surface area (Å²) in [5.41, 5.74) is 0.750. The Labute approximate surface area is 151 Å². The molecule has 0 amide bonds. The highest BCUT2D eigenvalue weighted by Gasteiger charge is 2.24.